The summed E-state index contributed by atoms with van der Waals surface area (Å²) in [5.74, 6) is -0.338. The lowest BCUT2D eigenvalue weighted by Gasteiger charge is -2.39. The molecule has 0 N–H and O–H groups in total. The summed E-state index contributed by atoms with van der Waals surface area (Å²) in [6.45, 7) is 4.42. The number of rotatable bonds is 5. The van der Waals surface area contributed by atoms with Crippen LogP contribution in [0, 0.1) is 12.7 Å². The SMILES string of the molecule is Cc1ccc(S(=O)(=O)N(C)c2ccccc2N2CCN(c3ccc(Cl)cc3F)CC2)cc1. The largest absolute Gasteiger partial charge is 0.366 e. The summed E-state index contributed by atoms with van der Waals surface area (Å²) in [5.41, 5.74) is 2.98. The molecule has 3 aromatic rings. The third-order valence-corrected chi connectivity index (χ3v) is 7.79. The number of hydrogen-bond acceptors (Lipinski definition) is 4. The second kappa shape index (κ2) is 9.00. The fourth-order valence-electron chi connectivity index (χ4n) is 3.92. The van der Waals surface area contributed by atoms with E-state index in [0.29, 0.717) is 42.6 Å². The Hall–Kier alpha value is -2.77. The van der Waals surface area contributed by atoms with E-state index in [1.54, 1.807) is 43.4 Å². The van der Waals surface area contributed by atoms with Crippen LogP contribution >= 0.6 is 11.6 Å². The van der Waals surface area contributed by atoms with Crippen LogP contribution in [-0.4, -0.2) is 41.6 Å². The van der Waals surface area contributed by atoms with Gasteiger partial charge in [0.15, 0.2) is 0 Å². The topological polar surface area (TPSA) is 43.9 Å². The molecule has 0 atom stereocenters. The highest BCUT2D eigenvalue weighted by Crippen LogP contribution is 2.33. The van der Waals surface area contributed by atoms with Gasteiger partial charge in [-0.1, -0.05) is 41.4 Å². The predicted molar refractivity (Wildman–Crippen MR) is 129 cm³/mol. The number of anilines is 3. The summed E-state index contributed by atoms with van der Waals surface area (Å²) in [6.07, 6.45) is 0. The molecule has 0 bridgehead atoms. The average molecular weight is 474 g/mol. The molecule has 0 amide bonds. The molecule has 4 rings (SSSR count). The quantitative estimate of drug-likeness (QED) is 0.526. The lowest BCUT2D eigenvalue weighted by atomic mass is 10.2. The Morgan fingerprint density at radius 2 is 1.47 bits per heavy atom. The van der Waals surface area contributed by atoms with Gasteiger partial charge in [0.05, 0.1) is 22.0 Å². The third-order valence-electron chi connectivity index (χ3n) is 5.77. The van der Waals surface area contributed by atoms with Crippen LogP contribution in [0.1, 0.15) is 5.56 Å². The van der Waals surface area contributed by atoms with Crippen LogP contribution in [0.5, 0.6) is 0 Å². The van der Waals surface area contributed by atoms with Crippen molar-refractivity contribution in [2.24, 2.45) is 0 Å². The van der Waals surface area contributed by atoms with Crippen molar-refractivity contribution in [3.63, 3.8) is 0 Å². The van der Waals surface area contributed by atoms with Crippen LogP contribution < -0.4 is 14.1 Å². The van der Waals surface area contributed by atoms with Crippen molar-refractivity contribution in [1.82, 2.24) is 0 Å². The highest BCUT2D eigenvalue weighted by Gasteiger charge is 2.27. The number of hydrogen-bond donors (Lipinski definition) is 0. The Morgan fingerprint density at radius 3 is 2.09 bits per heavy atom. The zero-order valence-corrected chi connectivity index (χ0v) is 19.6. The fraction of sp³-hybridized carbons (Fsp3) is 0.250. The standard InChI is InChI=1S/C24H25ClFN3O2S/c1-18-7-10-20(11-8-18)32(30,31)27(2)23-5-3-4-6-24(23)29-15-13-28(14-16-29)22-12-9-19(25)17-21(22)26/h3-12,17H,13-16H2,1-2H3. The highest BCUT2D eigenvalue weighted by molar-refractivity contribution is 7.92. The van der Waals surface area contributed by atoms with Gasteiger partial charge in [-0.3, -0.25) is 4.31 Å². The van der Waals surface area contributed by atoms with E-state index in [-0.39, 0.29) is 10.7 Å². The van der Waals surface area contributed by atoms with Gasteiger partial charge in [0.1, 0.15) is 5.82 Å². The molecule has 1 saturated heterocycles. The number of halogens is 2. The van der Waals surface area contributed by atoms with Gasteiger partial charge in [-0.2, -0.15) is 0 Å². The van der Waals surface area contributed by atoms with E-state index < -0.39 is 10.0 Å². The summed E-state index contributed by atoms with van der Waals surface area (Å²) >= 11 is 5.87. The Kier molecular flexibility index (Phi) is 6.31. The van der Waals surface area contributed by atoms with Crippen molar-refractivity contribution in [2.75, 3.05) is 47.3 Å². The molecule has 5 nitrogen and oxygen atoms in total. The van der Waals surface area contributed by atoms with Crippen molar-refractivity contribution < 1.29 is 12.8 Å². The van der Waals surface area contributed by atoms with Crippen LogP contribution in [0.15, 0.2) is 71.6 Å². The van der Waals surface area contributed by atoms with Crippen molar-refractivity contribution in [1.29, 1.82) is 0 Å². The van der Waals surface area contributed by atoms with E-state index in [1.165, 1.54) is 10.4 Å². The smallest absolute Gasteiger partial charge is 0.264 e. The molecule has 1 heterocycles. The van der Waals surface area contributed by atoms with Gasteiger partial charge in [-0.15, -0.1) is 0 Å². The number of para-hydroxylation sites is 2. The van der Waals surface area contributed by atoms with Crippen molar-refractivity contribution >= 4 is 38.7 Å². The average Bonchev–Trinajstić information content (AvgIpc) is 2.79. The second-order valence-electron chi connectivity index (χ2n) is 7.84. The van der Waals surface area contributed by atoms with E-state index in [2.05, 4.69) is 4.90 Å². The third kappa shape index (κ3) is 4.40. The molecule has 0 radical (unpaired) electrons. The van der Waals surface area contributed by atoms with Crippen LogP contribution in [0.4, 0.5) is 21.5 Å². The Morgan fingerprint density at radius 1 is 0.875 bits per heavy atom. The summed E-state index contributed by atoms with van der Waals surface area (Å²) in [6, 6.07) is 19.0. The first-order chi connectivity index (χ1) is 15.3. The van der Waals surface area contributed by atoms with Crippen molar-refractivity contribution in [3.8, 4) is 0 Å². The Labute approximate surface area is 193 Å². The van der Waals surface area contributed by atoms with Gasteiger partial charge in [0.2, 0.25) is 0 Å². The Bertz CT molecular complexity index is 1210. The van der Waals surface area contributed by atoms with Crippen molar-refractivity contribution in [3.05, 3.63) is 83.1 Å². The number of sulfonamides is 1. The molecule has 32 heavy (non-hydrogen) atoms. The summed E-state index contributed by atoms with van der Waals surface area (Å²) in [5, 5.41) is 0.372. The maximum absolute atomic E-state index is 14.3. The molecule has 8 heteroatoms. The summed E-state index contributed by atoms with van der Waals surface area (Å²) in [7, 11) is -2.12. The molecule has 3 aromatic carbocycles. The molecule has 0 unspecified atom stereocenters. The van der Waals surface area contributed by atoms with Crippen LogP contribution in [0.3, 0.4) is 0 Å². The fourth-order valence-corrected chi connectivity index (χ4v) is 5.29. The lowest BCUT2D eigenvalue weighted by Crippen LogP contribution is -2.47. The van der Waals surface area contributed by atoms with E-state index in [9.17, 15) is 12.8 Å². The minimum atomic E-state index is -3.70. The first-order valence-electron chi connectivity index (χ1n) is 10.4. The minimum absolute atomic E-state index is 0.253. The maximum atomic E-state index is 14.3. The molecule has 0 saturated carbocycles. The number of benzene rings is 3. The molecule has 0 spiro atoms. The summed E-state index contributed by atoms with van der Waals surface area (Å²) in [4.78, 5) is 4.38. The van der Waals surface area contributed by atoms with Gasteiger partial charge in [0.25, 0.3) is 10.0 Å². The normalized spacial score (nSPS) is 14.5. The van der Waals surface area contributed by atoms with Gasteiger partial charge in [0, 0.05) is 38.2 Å². The molecule has 1 fully saturated rings. The van der Waals surface area contributed by atoms with Gasteiger partial charge in [-0.25, -0.2) is 12.8 Å². The van der Waals surface area contributed by atoms with Crippen LogP contribution in [0.2, 0.25) is 5.02 Å². The number of piperazine rings is 1. The van der Waals surface area contributed by atoms with E-state index in [0.717, 1.165) is 11.3 Å². The lowest BCUT2D eigenvalue weighted by molar-refractivity contribution is 0.592. The number of nitrogens with zero attached hydrogens (tertiary/aromatic N) is 3. The molecule has 1 aliphatic heterocycles. The Balaban J connectivity index is 1.56. The monoisotopic (exact) mass is 473 g/mol. The highest BCUT2D eigenvalue weighted by atomic mass is 35.5. The first-order valence-corrected chi connectivity index (χ1v) is 12.2. The first kappa shape index (κ1) is 22.4. The van der Waals surface area contributed by atoms with E-state index in [1.807, 2.05) is 36.1 Å². The zero-order valence-electron chi connectivity index (χ0n) is 18.0. The maximum Gasteiger partial charge on any atom is 0.264 e. The van der Waals surface area contributed by atoms with Crippen molar-refractivity contribution in [2.45, 2.75) is 11.8 Å². The number of aryl methyl sites for hydroxylation is 1. The molecule has 0 aromatic heterocycles. The van der Waals surface area contributed by atoms with Crippen LogP contribution in [-0.2, 0) is 10.0 Å². The minimum Gasteiger partial charge on any atom is -0.366 e. The second-order valence-corrected chi connectivity index (χ2v) is 10.2. The molecular weight excluding hydrogens is 449 g/mol. The molecule has 0 aliphatic carbocycles. The zero-order chi connectivity index (χ0) is 22.9. The van der Waals surface area contributed by atoms with Gasteiger partial charge < -0.3 is 9.80 Å². The molecular formula is C24H25ClFN3O2S. The van der Waals surface area contributed by atoms with E-state index >= 15 is 0 Å². The molecule has 1 aliphatic rings. The molecule has 168 valence electrons. The van der Waals surface area contributed by atoms with Crippen LogP contribution in [0.25, 0.3) is 0 Å². The summed E-state index contributed by atoms with van der Waals surface area (Å²) < 4.78 is 42.1. The van der Waals surface area contributed by atoms with Gasteiger partial charge in [-0.05, 0) is 49.4 Å². The van der Waals surface area contributed by atoms with Gasteiger partial charge >= 0.3 is 0 Å². The predicted octanol–water partition coefficient (Wildman–Crippen LogP) is 4.94. The van der Waals surface area contributed by atoms with E-state index in [4.69, 9.17) is 11.6 Å².